The smallest absolute Gasteiger partial charge is 0.152 e. The van der Waals surface area contributed by atoms with Crippen molar-refractivity contribution in [3.8, 4) is 5.75 Å². The highest BCUT2D eigenvalue weighted by atomic mass is 32.2. The van der Waals surface area contributed by atoms with E-state index in [1.165, 1.54) is 0 Å². The first kappa shape index (κ1) is 23.0. The Balaban J connectivity index is 2.06. The maximum absolute atomic E-state index is 11.7. The quantitative estimate of drug-likeness (QED) is 0.392. The highest BCUT2D eigenvalue weighted by molar-refractivity contribution is 7.91. The van der Waals surface area contributed by atoms with Crippen molar-refractivity contribution in [1.29, 1.82) is 0 Å². The minimum Gasteiger partial charge on any atom is -0.494 e. The summed E-state index contributed by atoms with van der Waals surface area (Å²) in [4.78, 5) is 0. The molecular formula is C21H36O4S. The lowest BCUT2D eigenvalue weighted by Crippen LogP contribution is -2.17. The van der Waals surface area contributed by atoms with Gasteiger partial charge in [-0.05, 0) is 50.8 Å². The van der Waals surface area contributed by atoms with Gasteiger partial charge < -0.3 is 9.47 Å². The molecule has 0 saturated carbocycles. The number of unbranched alkanes of at least 4 members (excludes halogenated alkanes) is 5. The highest BCUT2D eigenvalue weighted by Gasteiger charge is 2.14. The van der Waals surface area contributed by atoms with E-state index in [1.54, 1.807) is 13.8 Å². The topological polar surface area (TPSA) is 52.6 Å². The molecule has 0 heterocycles. The van der Waals surface area contributed by atoms with Gasteiger partial charge in [0.15, 0.2) is 9.84 Å². The zero-order chi connectivity index (χ0) is 19.3. The second-order valence-corrected chi connectivity index (χ2v) is 9.76. The average Bonchev–Trinajstić information content (AvgIpc) is 2.60. The second-order valence-electron chi connectivity index (χ2n) is 7.09. The molecule has 0 saturated heterocycles. The molecule has 0 spiro atoms. The first-order chi connectivity index (χ1) is 12.5. The van der Waals surface area contributed by atoms with Gasteiger partial charge in [0, 0.05) is 6.61 Å². The van der Waals surface area contributed by atoms with Crippen molar-refractivity contribution in [3.05, 3.63) is 29.8 Å². The molecule has 5 heteroatoms. The number of ether oxygens (including phenoxy) is 2. The van der Waals surface area contributed by atoms with Crippen LogP contribution in [0.25, 0.3) is 0 Å². The summed E-state index contributed by atoms with van der Waals surface area (Å²) in [5.74, 6) is 1.23. The number of hydrogen-bond acceptors (Lipinski definition) is 4. The molecule has 0 aromatic heterocycles. The molecule has 0 atom stereocenters. The van der Waals surface area contributed by atoms with Crippen molar-refractivity contribution < 1.29 is 17.9 Å². The van der Waals surface area contributed by atoms with Gasteiger partial charge in [-0.3, -0.25) is 0 Å². The van der Waals surface area contributed by atoms with Gasteiger partial charge in [-0.1, -0.05) is 44.7 Å². The lowest BCUT2D eigenvalue weighted by atomic mass is 10.2. The number of hydrogen-bond donors (Lipinski definition) is 0. The Hall–Kier alpha value is -1.07. The molecule has 26 heavy (non-hydrogen) atoms. The summed E-state index contributed by atoms with van der Waals surface area (Å²) >= 11 is 0. The van der Waals surface area contributed by atoms with Crippen LogP contribution in [0.2, 0.25) is 0 Å². The predicted octanol–water partition coefficient (Wildman–Crippen LogP) is 5.16. The van der Waals surface area contributed by atoms with Crippen LogP contribution in [0.4, 0.5) is 0 Å². The molecule has 1 aromatic rings. The van der Waals surface area contributed by atoms with Crippen molar-refractivity contribution in [1.82, 2.24) is 0 Å². The summed E-state index contributed by atoms with van der Waals surface area (Å²) < 4.78 is 34.9. The van der Waals surface area contributed by atoms with Crippen LogP contribution in [0.15, 0.2) is 24.3 Å². The van der Waals surface area contributed by atoms with Gasteiger partial charge in [0.25, 0.3) is 0 Å². The summed E-state index contributed by atoms with van der Waals surface area (Å²) in [6, 6.07) is 8.09. The standard InChI is InChI=1S/C21H36O4S/c1-4-5-15-25-21-13-11-12-20(17-21)18-24-14-9-7-6-8-10-16-26(22,23)19(2)3/h11-13,17,19H,4-10,14-16,18H2,1-3H3. The molecule has 4 nitrogen and oxygen atoms in total. The van der Waals surface area contributed by atoms with E-state index in [1.807, 2.05) is 18.2 Å². The molecular weight excluding hydrogens is 348 g/mol. The summed E-state index contributed by atoms with van der Waals surface area (Å²) in [7, 11) is -2.88. The van der Waals surface area contributed by atoms with E-state index in [0.717, 1.165) is 69.5 Å². The fraction of sp³-hybridized carbons (Fsp3) is 0.714. The Morgan fingerprint density at radius 2 is 1.69 bits per heavy atom. The van der Waals surface area contributed by atoms with E-state index in [2.05, 4.69) is 13.0 Å². The molecule has 150 valence electrons. The van der Waals surface area contributed by atoms with Crippen LogP contribution in [-0.2, 0) is 21.2 Å². The van der Waals surface area contributed by atoms with Crippen LogP contribution in [0.3, 0.4) is 0 Å². The lowest BCUT2D eigenvalue weighted by molar-refractivity contribution is 0.116. The molecule has 1 rings (SSSR count). The van der Waals surface area contributed by atoms with Gasteiger partial charge in [-0.25, -0.2) is 8.42 Å². The van der Waals surface area contributed by atoms with Gasteiger partial charge in [0.05, 0.1) is 24.2 Å². The summed E-state index contributed by atoms with van der Waals surface area (Å²) in [6.45, 7) is 7.77. The maximum atomic E-state index is 11.7. The zero-order valence-electron chi connectivity index (χ0n) is 16.7. The number of sulfone groups is 1. The molecule has 0 radical (unpaired) electrons. The fourth-order valence-electron chi connectivity index (χ4n) is 2.52. The van der Waals surface area contributed by atoms with Gasteiger partial charge in [-0.2, -0.15) is 0 Å². The molecule has 0 amide bonds. The first-order valence-electron chi connectivity index (χ1n) is 9.96. The van der Waals surface area contributed by atoms with Crippen molar-refractivity contribution in [2.45, 2.75) is 77.6 Å². The number of rotatable bonds is 15. The fourth-order valence-corrected chi connectivity index (χ4v) is 3.60. The molecule has 0 unspecified atom stereocenters. The summed E-state index contributed by atoms with van der Waals surface area (Å²) in [6.07, 6.45) is 7.12. The third-order valence-electron chi connectivity index (χ3n) is 4.37. The average molecular weight is 385 g/mol. The van der Waals surface area contributed by atoms with Gasteiger partial charge >= 0.3 is 0 Å². The molecule has 1 aromatic carbocycles. The molecule has 0 N–H and O–H groups in total. The SMILES string of the molecule is CCCCOc1cccc(COCCCCCCCS(=O)(=O)C(C)C)c1. The maximum Gasteiger partial charge on any atom is 0.152 e. The second kappa shape index (κ2) is 13.2. The van der Waals surface area contributed by atoms with E-state index in [0.29, 0.717) is 12.4 Å². The van der Waals surface area contributed by atoms with Crippen LogP contribution in [-0.4, -0.2) is 32.6 Å². The molecule has 0 aliphatic carbocycles. The van der Waals surface area contributed by atoms with Gasteiger partial charge in [-0.15, -0.1) is 0 Å². The Bertz CT molecular complexity index is 581. The Kier molecular flexibility index (Phi) is 11.6. The third kappa shape index (κ3) is 10.2. The number of benzene rings is 1. The van der Waals surface area contributed by atoms with Crippen LogP contribution >= 0.6 is 0 Å². The van der Waals surface area contributed by atoms with Crippen molar-refractivity contribution in [2.24, 2.45) is 0 Å². The minimum atomic E-state index is -2.88. The van der Waals surface area contributed by atoms with Crippen LogP contribution in [0, 0.1) is 0 Å². The minimum absolute atomic E-state index is 0.258. The summed E-state index contributed by atoms with van der Waals surface area (Å²) in [5.41, 5.74) is 1.14. The molecule has 0 fully saturated rings. The van der Waals surface area contributed by atoms with E-state index in [9.17, 15) is 8.42 Å². The van der Waals surface area contributed by atoms with Crippen molar-refractivity contribution >= 4 is 9.84 Å². The zero-order valence-corrected chi connectivity index (χ0v) is 17.5. The molecule has 0 bridgehead atoms. The monoisotopic (exact) mass is 384 g/mol. The van der Waals surface area contributed by atoms with Crippen molar-refractivity contribution in [3.63, 3.8) is 0 Å². The molecule has 0 aliphatic rings. The lowest BCUT2D eigenvalue weighted by Gasteiger charge is -2.09. The van der Waals surface area contributed by atoms with Crippen LogP contribution in [0.1, 0.15) is 71.3 Å². The summed E-state index contributed by atoms with van der Waals surface area (Å²) in [5, 5.41) is -0.258. The third-order valence-corrected chi connectivity index (χ3v) is 6.66. The first-order valence-corrected chi connectivity index (χ1v) is 11.7. The Morgan fingerprint density at radius 3 is 2.42 bits per heavy atom. The van der Waals surface area contributed by atoms with Gasteiger partial charge in [0.1, 0.15) is 5.75 Å². The van der Waals surface area contributed by atoms with E-state index < -0.39 is 9.84 Å². The Morgan fingerprint density at radius 1 is 0.962 bits per heavy atom. The normalized spacial score (nSPS) is 11.8. The highest BCUT2D eigenvalue weighted by Crippen LogP contribution is 2.15. The van der Waals surface area contributed by atoms with Crippen LogP contribution < -0.4 is 4.74 Å². The van der Waals surface area contributed by atoms with Crippen molar-refractivity contribution in [2.75, 3.05) is 19.0 Å². The van der Waals surface area contributed by atoms with Gasteiger partial charge in [0.2, 0.25) is 0 Å². The molecule has 0 aliphatic heterocycles. The van der Waals surface area contributed by atoms with E-state index in [-0.39, 0.29) is 5.25 Å². The van der Waals surface area contributed by atoms with E-state index >= 15 is 0 Å². The van der Waals surface area contributed by atoms with E-state index in [4.69, 9.17) is 9.47 Å². The largest absolute Gasteiger partial charge is 0.494 e. The Labute approximate surface area is 160 Å². The van der Waals surface area contributed by atoms with Crippen LogP contribution in [0.5, 0.6) is 5.75 Å². The predicted molar refractivity (Wildman–Crippen MR) is 109 cm³/mol.